The van der Waals surface area contributed by atoms with Gasteiger partial charge < -0.3 is 9.97 Å². The van der Waals surface area contributed by atoms with E-state index in [1.807, 2.05) is 25.1 Å². The van der Waals surface area contributed by atoms with Gasteiger partial charge in [0.15, 0.2) is 0 Å². The summed E-state index contributed by atoms with van der Waals surface area (Å²) in [6.07, 6.45) is 3.04. The third kappa shape index (κ3) is 1.61. The molecule has 15 heavy (non-hydrogen) atoms. The van der Waals surface area contributed by atoms with Crippen molar-refractivity contribution < 1.29 is 0 Å². The van der Waals surface area contributed by atoms with Crippen LogP contribution in [0.5, 0.6) is 0 Å². The maximum Gasteiger partial charge on any atom is 0.323 e. The van der Waals surface area contributed by atoms with Crippen molar-refractivity contribution in [3.8, 4) is 0 Å². The third-order valence-corrected chi connectivity index (χ3v) is 2.63. The fourth-order valence-electron chi connectivity index (χ4n) is 1.88. The summed E-state index contributed by atoms with van der Waals surface area (Å²) in [5.74, 6) is 0. The molecule has 78 valence electrons. The molecule has 1 heterocycles. The molecule has 0 aliphatic rings. The van der Waals surface area contributed by atoms with Gasteiger partial charge in [0.1, 0.15) is 0 Å². The van der Waals surface area contributed by atoms with Crippen LogP contribution < -0.4 is 5.69 Å². The number of imidazole rings is 1. The van der Waals surface area contributed by atoms with E-state index in [1.165, 1.54) is 5.57 Å². The van der Waals surface area contributed by atoms with E-state index in [2.05, 4.69) is 23.0 Å². The van der Waals surface area contributed by atoms with E-state index >= 15 is 0 Å². The Hall–Kier alpha value is -1.77. The smallest absolute Gasteiger partial charge is 0.306 e. The Bertz CT molecular complexity index is 560. The van der Waals surface area contributed by atoms with E-state index < -0.39 is 0 Å². The van der Waals surface area contributed by atoms with Crippen molar-refractivity contribution in [1.82, 2.24) is 9.97 Å². The van der Waals surface area contributed by atoms with Crippen LogP contribution in [-0.4, -0.2) is 9.97 Å². The van der Waals surface area contributed by atoms with E-state index in [0.717, 1.165) is 23.0 Å². The minimum atomic E-state index is -0.149. The number of aromatic nitrogens is 2. The third-order valence-electron chi connectivity index (χ3n) is 2.63. The molecule has 0 unspecified atom stereocenters. The molecule has 0 atom stereocenters. The first-order chi connectivity index (χ1) is 7.26. The molecule has 0 radical (unpaired) electrons. The second-order valence-electron chi connectivity index (χ2n) is 3.47. The van der Waals surface area contributed by atoms with E-state index in [1.54, 1.807) is 0 Å². The lowest BCUT2D eigenvalue weighted by Gasteiger charge is -2.04. The number of allylic oxidation sites excluding steroid dienone is 2. The molecular formula is C12H14N2O. The first-order valence-corrected chi connectivity index (χ1v) is 5.12. The van der Waals surface area contributed by atoms with Gasteiger partial charge in [0, 0.05) is 5.56 Å². The molecule has 0 fully saturated rings. The Balaban J connectivity index is 2.75. The van der Waals surface area contributed by atoms with Gasteiger partial charge in [-0.1, -0.05) is 25.1 Å². The Morgan fingerprint density at radius 3 is 2.87 bits per heavy atom. The van der Waals surface area contributed by atoms with Gasteiger partial charge in [-0.2, -0.15) is 0 Å². The van der Waals surface area contributed by atoms with Crippen molar-refractivity contribution in [3.05, 3.63) is 40.3 Å². The summed E-state index contributed by atoms with van der Waals surface area (Å²) in [6.45, 7) is 4.13. The Morgan fingerprint density at radius 2 is 2.20 bits per heavy atom. The lowest BCUT2D eigenvalue weighted by molar-refractivity contribution is 1.21. The lowest BCUT2D eigenvalue weighted by Crippen LogP contribution is -1.99. The molecule has 0 bridgehead atoms. The molecule has 1 aromatic carbocycles. The summed E-state index contributed by atoms with van der Waals surface area (Å²) in [5.41, 5.74) is 3.97. The molecule has 2 N–H and O–H groups in total. The SMILES string of the molecule is C/C=C(\CC)c1cccc2[nH]c(=O)[nH]c12. The van der Waals surface area contributed by atoms with Crippen LogP contribution in [0.3, 0.4) is 0 Å². The zero-order chi connectivity index (χ0) is 10.8. The predicted molar refractivity (Wildman–Crippen MR) is 62.9 cm³/mol. The van der Waals surface area contributed by atoms with Crippen molar-refractivity contribution in [2.45, 2.75) is 20.3 Å². The number of rotatable bonds is 2. The van der Waals surface area contributed by atoms with Crippen molar-refractivity contribution >= 4 is 16.6 Å². The first kappa shape index (κ1) is 9.77. The minimum Gasteiger partial charge on any atom is -0.306 e. The van der Waals surface area contributed by atoms with Crippen LogP contribution >= 0.6 is 0 Å². The second-order valence-corrected chi connectivity index (χ2v) is 3.47. The van der Waals surface area contributed by atoms with Crippen LogP contribution in [0.15, 0.2) is 29.1 Å². The lowest BCUT2D eigenvalue weighted by atomic mass is 10.0. The molecule has 0 aliphatic heterocycles. The highest BCUT2D eigenvalue weighted by Crippen LogP contribution is 2.23. The molecule has 1 aromatic heterocycles. The number of hydrogen-bond acceptors (Lipinski definition) is 1. The average molecular weight is 202 g/mol. The van der Waals surface area contributed by atoms with E-state index in [9.17, 15) is 4.79 Å². The summed E-state index contributed by atoms with van der Waals surface area (Å²) >= 11 is 0. The summed E-state index contributed by atoms with van der Waals surface area (Å²) < 4.78 is 0. The minimum absolute atomic E-state index is 0.149. The summed E-state index contributed by atoms with van der Waals surface area (Å²) in [6, 6.07) is 5.89. The van der Waals surface area contributed by atoms with Crippen LogP contribution in [0.4, 0.5) is 0 Å². The van der Waals surface area contributed by atoms with Crippen LogP contribution in [0.2, 0.25) is 0 Å². The highest BCUT2D eigenvalue weighted by atomic mass is 16.1. The monoisotopic (exact) mass is 202 g/mol. The number of aromatic amines is 2. The summed E-state index contributed by atoms with van der Waals surface area (Å²) in [5, 5.41) is 0. The number of hydrogen-bond donors (Lipinski definition) is 2. The Morgan fingerprint density at radius 1 is 1.40 bits per heavy atom. The number of benzene rings is 1. The number of H-pyrrole nitrogens is 2. The maximum atomic E-state index is 11.2. The zero-order valence-corrected chi connectivity index (χ0v) is 8.92. The molecule has 0 saturated heterocycles. The van der Waals surface area contributed by atoms with Crippen LogP contribution in [0.1, 0.15) is 25.8 Å². The normalized spacial score (nSPS) is 12.3. The molecule has 2 rings (SSSR count). The van der Waals surface area contributed by atoms with Gasteiger partial charge in [0.25, 0.3) is 0 Å². The van der Waals surface area contributed by atoms with Crippen molar-refractivity contribution in [2.75, 3.05) is 0 Å². The van der Waals surface area contributed by atoms with Gasteiger partial charge in [-0.25, -0.2) is 4.79 Å². The van der Waals surface area contributed by atoms with Crippen LogP contribution in [-0.2, 0) is 0 Å². The largest absolute Gasteiger partial charge is 0.323 e. The van der Waals surface area contributed by atoms with Crippen LogP contribution in [0, 0.1) is 0 Å². The highest BCUT2D eigenvalue weighted by molar-refractivity contribution is 5.88. The molecule has 0 amide bonds. The van der Waals surface area contributed by atoms with Crippen molar-refractivity contribution in [2.24, 2.45) is 0 Å². The summed E-state index contributed by atoms with van der Waals surface area (Å²) in [7, 11) is 0. The molecule has 0 saturated carbocycles. The van der Waals surface area contributed by atoms with Crippen molar-refractivity contribution in [3.63, 3.8) is 0 Å². The highest BCUT2D eigenvalue weighted by Gasteiger charge is 2.06. The fraction of sp³-hybridized carbons (Fsp3) is 0.250. The number of fused-ring (bicyclic) bond motifs is 1. The molecule has 3 nitrogen and oxygen atoms in total. The fourth-order valence-corrected chi connectivity index (χ4v) is 1.88. The zero-order valence-electron chi connectivity index (χ0n) is 8.92. The molecule has 0 aliphatic carbocycles. The van der Waals surface area contributed by atoms with Gasteiger partial charge in [-0.15, -0.1) is 0 Å². The number of para-hydroxylation sites is 1. The molecular weight excluding hydrogens is 188 g/mol. The van der Waals surface area contributed by atoms with E-state index in [4.69, 9.17) is 0 Å². The maximum absolute atomic E-state index is 11.2. The van der Waals surface area contributed by atoms with Gasteiger partial charge in [-0.3, -0.25) is 0 Å². The summed E-state index contributed by atoms with van der Waals surface area (Å²) in [4.78, 5) is 16.8. The first-order valence-electron chi connectivity index (χ1n) is 5.12. The van der Waals surface area contributed by atoms with Gasteiger partial charge in [0.2, 0.25) is 0 Å². The Kier molecular flexibility index (Phi) is 2.46. The van der Waals surface area contributed by atoms with Crippen LogP contribution in [0.25, 0.3) is 16.6 Å². The molecule has 2 aromatic rings. The average Bonchev–Trinajstić information content (AvgIpc) is 2.61. The van der Waals surface area contributed by atoms with Gasteiger partial charge >= 0.3 is 5.69 Å². The van der Waals surface area contributed by atoms with E-state index in [-0.39, 0.29) is 5.69 Å². The quantitative estimate of drug-likeness (QED) is 0.772. The van der Waals surface area contributed by atoms with Crippen molar-refractivity contribution in [1.29, 1.82) is 0 Å². The standard InChI is InChI=1S/C12H14N2O/c1-3-8(4-2)9-6-5-7-10-11(9)14-12(15)13-10/h3,5-7H,4H2,1-2H3,(H2,13,14,15)/b8-3+. The van der Waals surface area contributed by atoms with E-state index in [0.29, 0.717) is 0 Å². The van der Waals surface area contributed by atoms with Gasteiger partial charge in [0.05, 0.1) is 11.0 Å². The molecule has 3 heteroatoms. The second kappa shape index (κ2) is 3.77. The molecule has 0 spiro atoms. The predicted octanol–water partition coefficient (Wildman–Crippen LogP) is 2.67. The van der Waals surface area contributed by atoms with Gasteiger partial charge in [-0.05, 0) is 25.0 Å². The number of nitrogens with one attached hydrogen (secondary N) is 2. The topological polar surface area (TPSA) is 48.6 Å². The Labute approximate surface area is 87.8 Å².